The predicted octanol–water partition coefficient (Wildman–Crippen LogP) is -3.12. The van der Waals surface area contributed by atoms with E-state index in [0.717, 1.165) is 13.0 Å². The van der Waals surface area contributed by atoms with Crippen LogP contribution in [-0.4, -0.2) is 24.4 Å². The Balaban J connectivity index is 0. The monoisotopic (exact) mass is 112 g/mol. The molecular weight excluding hydrogens is 103 g/mol. The average molecular weight is 112 g/mol. The SMILES string of the molecule is O[C@H]1CCOC1.[H-].[Na+]. The van der Waals surface area contributed by atoms with Crippen LogP contribution in [0, 0.1) is 0 Å². The first kappa shape index (κ1) is 7.92. The van der Waals surface area contributed by atoms with Crippen molar-refractivity contribution in [3.8, 4) is 0 Å². The van der Waals surface area contributed by atoms with Crippen LogP contribution in [-0.2, 0) is 4.74 Å². The molecule has 38 valence electrons. The molecule has 7 heavy (non-hydrogen) atoms. The molecule has 0 saturated carbocycles. The Kier molecular flexibility index (Phi) is 4.37. The molecule has 1 saturated heterocycles. The molecule has 2 nitrogen and oxygen atoms in total. The van der Waals surface area contributed by atoms with E-state index in [1.54, 1.807) is 0 Å². The van der Waals surface area contributed by atoms with E-state index in [0.29, 0.717) is 6.61 Å². The van der Waals surface area contributed by atoms with Gasteiger partial charge in [-0.1, -0.05) is 0 Å². The van der Waals surface area contributed by atoms with Gasteiger partial charge in [-0.05, 0) is 6.42 Å². The maximum atomic E-state index is 8.60. The van der Waals surface area contributed by atoms with Crippen molar-refractivity contribution < 1.29 is 40.8 Å². The number of rotatable bonds is 0. The van der Waals surface area contributed by atoms with E-state index in [4.69, 9.17) is 9.84 Å². The summed E-state index contributed by atoms with van der Waals surface area (Å²) in [6, 6.07) is 0. The van der Waals surface area contributed by atoms with E-state index in [1.165, 1.54) is 0 Å². The van der Waals surface area contributed by atoms with Crippen LogP contribution in [0.25, 0.3) is 0 Å². The summed E-state index contributed by atoms with van der Waals surface area (Å²) in [5.41, 5.74) is 0. The molecule has 1 aliphatic heterocycles. The van der Waals surface area contributed by atoms with Crippen molar-refractivity contribution in [3.05, 3.63) is 0 Å². The van der Waals surface area contributed by atoms with Crippen LogP contribution in [0.15, 0.2) is 0 Å². The first-order chi connectivity index (χ1) is 2.89. The smallest absolute Gasteiger partial charge is 1.00 e. The van der Waals surface area contributed by atoms with Gasteiger partial charge < -0.3 is 11.3 Å². The molecule has 1 heterocycles. The van der Waals surface area contributed by atoms with Crippen LogP contribution in [0.2, 0.25) is 0 Å². The van der Waals surface area contributed by atoms with Crippen molar-refractivity contribution in [1.82, 2.24) is 0 Å². The minimum Gasteiger partial charge on any atom is -1.00 e. The van der Waals surface area contributed by atoms with Gasteiger partial charge in [-0.3, -0.25) is 0 Å². The van der Waals surface area contributed by atoms with Crippen molar-refractivity contribution in [3.63, 3.8) is 0 Å². The first-order valence-electron chi connectivity index (χ1n) is 2.15. The second-order valence-electron chi connectivity index (χ2n) is 1.52. The maximum absolute atomic E-state index is 8.60. The van der Waals surface area contributed by atoms with Crippen molar-refractivity contribution in [2.75, 3.05) is 13.2 Å². The number of aliphatic hydroxyl groups excluding tert-OH is 1. The van der Waals surface area contributed by atoms with Gasteiger partial charge in [0.1, 0.15) is 0 Å². The largest absolute Gasteiger partial charge is 1.00 e. The Hall–Kier alpha value is 0.920. The van der Waals surface area contributed by atoms with Gasteiger partial charge in [-0.25, -0.2) is 0 Å². The van der Waals surface area contributed by atoms with E-state index >= 15 is 0 Å². The second-order valence-corrected chi connectivity index (χ2v) is 1.52. The van der Waals surface area contributed by atoms with Crippen LogP contribution >= 0.6 is 0 Å². The van der Waals surface area contributed by atoms with Gasteiger partial charge in [0.15, 0.2) is 0 Å². The van der Waals surface area contributed by atoms with Crippen LogP contribution in [0.1, 0.15) is 7.85 Å². The zero-order valence-corrected chi connectivity index (χ0v) is 6.55. The van der Waals surface area contributed by atoms with Crippen LogP contribution in [0.3, 0.4) is 0 Å². The zero-order valence-electron chi connectivity index (χ0n) is 5.55. The second kappa shape index (κ2) is 3.87. The molecule has 0 aromatic rings. The molecule has 0 aliphatic carbocycles. The van der Waals surface area contributed by atoms with E-state index in [-0.39, 0.29) is 37.1 Å². The van der Waals surface area contributed by atoms with E-state index in [1.807, 2.05) is 0 Å². The molecule has 0 aromatic carbocycles. The molecule has 1 rings (SSSR count). The fraction of sp³-hybridized carbons (Fsp3) is 1.00. The summed E-state index contributed by atoms with van der Waals surface area (Å²) in [7, 11) is 0. The number of hydrogen-bond donors (Lipinski definition) is 1. The standard InChI is InChI=1S/C4H8O2.Na.H/c5-4-1-2-6-3-4;;/h4-5H,1-3H2;;/q;+1;-1/t4-;;/m0../s1. The summed E-state index contributed by atoms with van der Waals surface area (Å²) in [5.74, 6) is 0. The summed E-state index contributed by atoms with van der Waals surface area (Å²) in [4.78, 5) is 0. The molecule has 0 radical (unpaired) electrons. The van der Waals surface area contributed by atoms with Crippen LogP contribution < -0.4 is 29.6 Å². The van der Waals surface area contributed by atoms with Gasteiger partial charge in [-0.15, -0.1) is 0 Å². The Morgan fingerprint density at radius 3 is 2.57 bits per heavy atom. The van der Waals surface area contributed by atoms with Crippen molar-refractivity contribution in [1.29, 1.82) is 0 Å². The summed E-state index contributed by atoms with van der Waals surface area (Å²) in [6.07, 6.45) is 0.644. The van der Waals surface area contributed by atoms with Gasteiger partial charge in [0.05, 0.1) is 12.7 Å². The molecule has 0 unspecified atom stereocenters. The van der Waals surface area contributed by atoms with Gasteiger partial charge in [-0.2, -0.15) is 0 Å². The Bertz CT molecular complexity index is 47.3. The predicted molar refractivity (Wildman–Crippen MR) is 22.6 cm³/mol. The quantitative estimate of drug-likeness (QED) is 0.336. The van der Waals surface area contributed by atoms with E-state index < -0.39 is 0 Å². The third-order valence-corrected chi connectivity index (χ3v) is 0.906. The molecule has 0 spiro atoms. The molecule has 1 fully saturated rings. The summed E-state index contributed by atoms with van der Waals surface area (Å²) >= 11 is 0. The first-order valence-corrected chi connectivity index (χ1v) is 2.15. The number of hydrogen-bond acceptors (Lipinski definition) is 2. The number of aliphatic hydroxyl groups is 1. The van der Waals surface area contributed by atoms with Crippen LogP contribution in [0.4, 0.5) is 0 Å². The summed E-state index contributed by atoms with van der Waals surface area (Å²) < 4.78 is 4.81. The molecule has 0 aromatic heterocycles. The fourth-order valence-electron chi connectivity index (χ4n) is 0.522. The zero-order chi connectivity index (χ0) is 4.41. The van der Waals surface area contributed by atoms with Gasteiger partial charge in [0, 0.05) is 6.61 Å². The van der Waals surface area contributed by atoms with E-state index in [2.05, 4.69) is 0 Å². The molecule has 1 atom stereocenters. The van der Waals surface area contributed by atoms with Crippen molar-refractivity contribution >= 4 is 0 Å². The number of ether oxygens (including phenoxy) is 1. The van der Waals surface area contributed by atoms with Gasteiger partial charge in [0.25, 0.3) is 0 Å². The maximum Gasteiger partial charge on any atom is 1.00 e. The average Bonchev–Trinajstić information content (AvgIpc) is 1.86. The minimum atomic E-state index is -0.176. The van der Waals surface area contributed by atoms with Crippen molar-refractivity contribution in [2.45, 2.75) is 12.5 Å². The van der Waals surface area contributed by atoms with Gasteiger partial charge >= 0.3 is 29.6 Å². The summed E-state index contributed by atoms with van der Waals surface area (Å²) in [5, 5.41) is 8.60. The normalized spacial score (nSPS) is 29.6. The molecular formula is C4H9NaO2. The molecule has 3 heteroatoms. The Labute approximate surface area is 66.6 Å². The summed E-state index contributed by atoms with van der Waals surface area (Å²) in [6.45, 7) is 1.28. The van der Waals surface area contributed by atoms with E-state index in [9.17, 15) is 0 Å². The topological polar surface area (TPSA) is 29.5 Å². The Morgan fingerprint density at radius 2 is 2.43 bits per heavy atom. The fourth-order valence-corrected chi connectivity index (χ4v) is 0.522. The molecule has 0 amide bonds. The van der Waals surface area contributed by atoms with Crippen LogP contribution in [0.5, 0.6) is 0 Å². The minimum absolute atomic E-state index is 0. The molecule has 1 aliphatic rings. The molecule has 0 bridgehead atoms. The third kappa shape index (κ3) is 2.67. The third-order valence-electron chi connectivity index (χ3n) is 0.906. The van der Waals surface area contributed by atoms with Crippen molar-refractivity contribution in [2.24, 2.45) is 0 Å². The van der Waals surface area contributed by atoms with Gasteiger partial charge in [0.2, 0.25) is 0 Å². The Morgan fingerprint density at radius 1 is 1.71 bits per heavy atom. The molecule has 1 N–H and O–H groups in total.